The second-order valence-electron chi connectivity index (χ2n) is 7.82. The van der Waals surface area contributed by atoms with Gasteiger partial charge < -0.3 is 31.0 Å². The number of carbonyl (C=O) groups is 4. The van der Waals surface area contributed by atoms with E-state index < -0.39 is 52.0 Å². The Labute approximate surface area is 183 Å². The summed E-state index contributed by atoms with van der Waals surface area (Å²) in [6.45, 7) is 2.47. The van der Waals surface area contributed by atoms with Crippen molar-refractivity contribution < 1.29 is 34.2 Å². The highest BCUT2D eigenvalue weighted by molar-refractivity contribution is 8.00. The van der Waals surface area contributed by atoms with Crippen molar-refractivity contribution in [2.24, 2.45) is 11.1 Å². The largest absolute Gasteiger partial charge is 0.479 e. The minimum absolute atomic E-state index is 0.0462. The van der Waals surface area contributed by atoms with Gasteiger partial charge in [-0.2, -0.15) is 9.36 Å². The van der Waals surface area contributed by atoms with E-state index >= 15 is 0 Å². The molecule has 4 rings (SSSR count). The van der Waals surface area contributed by atoms with E-state index in [0.717, 1.165) is 11.5 Å². The number of oxime groups is 1. The zero-order chi connectivity index (χ0) is 22.7. The maximum absolute atomic E-state index is 12.9. The number of nitrogens with two attached hydrogens (primary N) is 1. The molecule has 1 saturated carbocycles. The van der Waals surface area contributed by atoms with Crippen LogP contribution in [-0.2, 0) is 24.0 Å². The molecule has 166 valence electrons. The van der Waals surface area contributed by atoms with E-state index in [1.807, 2.05) is 0 Å². The average molecular weight is 470 g/mol. The molecule has 0 radical (unpaired) electrons. The van der Waals surface area contributed by atoms with Gasteiger partial charge in [0.1, 0.15) is 17.0 Å². The molecule has 2 saturated heterocycles. The lowest BCUT2D eigenvalue weighted by molar-refractivity contribution is -0.165. The summed E-state index contributed by atoms with van der Waals surface area (Å²) in [6.07, 6.45) is 0.394. The first-order chi connectivity index (χ1) is 14.5. The zero-order valence-electron chi connectivity index (χ0n) is 16.3. The van der Waals surface area contributed by atoms with Gasteiger partial charge in [0.05, 0.1) is 0 Å². The van der Waals surface area contributed by atoms with Gasteiger partial charge in [0.25, 0.3) is 5.91 Å². The molecule has 2 unspecified atom stereocenters. The molecule has 1 aliphatic carbocycles. The third kappa shape index (κ3) is 3.27. The maximum Gasteiger partial charge on any atom is 0.350 e. The predicted molar refractivity (Wildman–Crippen MR) is 107 cm³/mol. The van der Waals surface area contributed by atoms with Gasteiger partial charge in [0.2, 0.25) is 23.0 Å². The summed E-state index contributed by atoms with van der Waals surface area (Å²) in [6, 6.07) is -0.969. The molecular formula is C16H18N6O7S2. The van der Waals surface area contributed by atoms with Gasteiger partial charge >= 0.3 is 11.9 Å². The Balaban J connectivity index is 1.54. The highest BCUT2D eigenvalue weighted by Crippen LogP contribution is 2.59. The second kappa shape index (κ2) is 7.05. The molecule has 2 aliphatic heterocycles. The molecule has 15 heteroatoms. The smallest absolute Gasteiger partial charge is 0.350 e. The first kappa shape index (κ1) is 21.3. The molecule has 3 heterocycles. The number of carboxylic acid groups (broad SMARTS) is 2. The van der Waals surface area contributed by atoms with E-state index in [4.69, 9.17) is 10.6 Å². The molecule has 1 aromatic heterocycles. The van der Waals surface area contributed by atoms with Gasteiger partial charge in [-0.1, -0.05) is 5.16 Å². The molecule has 1 aromatic rings. The lowest BCUT2D eigenvalue weighted by atomic mass is 9.99. The quantitative estimate of drug-likeness (QED) is 0.215. The molecule has 4 atom stereocenters. The number of hydrogen-bond donors (Lipinski definition) is 4. The van der Waals surface area contributed by atoms with Crippen LogP contribution >= 0.6 is 23.3 Å². The summed E-state index contributed by atoms with van der Waals surface area (Å²) < 4.78 is 3.90. The molecule has 0 aromatic carbocycles. The number of β-lactam (4-membered cyclic amide) rings is 1. The number of nitrogens with zero attached hydrogens (tertiary/aromatic N) is 4. The number of nitrogen functional groups attached to an aromatic ring is 1. The standard InChI is InChI=1S/C16H18N6O7S2/c1-15(2,12(25)26)29-20-6(8-19-14(17)31-21-8)9(23)18-7-10(24)22-11(7)30-4-5-3-16(5,22)13(27)28/h5,7,11H,3-4H2,1-2H3,(H,18,23)(H,25,26)(H,27,28)(H2,17,19,21)/b20-6-/t5?,7-,11-,16?/m1/s1. The van der Waals surface area contributed by atoms with Crippen LogP contribution in [0.5, 0.6) is 0 Å². The van der Waals surface area contributed by atoms with Gasteiger partial charge in [0.15, 0.2) is 5.13 Å². The monoisotopic (exact) mass is 470 g/mol. The van der Waals surface area contributed by atoms with E-state index in [0.29, 0.717) is 12.2 Å². The van der Waals surface area contributed by atoms with Crippen LogP contribution in [0, 0.1) is 5.92 Å². The molecule has 0 bridgehead atoms. The molecule has 5 N–H and O–H groups in total. The first-order valence-corrected chi connectivity index (χ1v) is 10.9. The summed E-state index contributed by atoms with van der Waals surface area (Å²) in [5.74, 6) is -3.47. The number of hydrogen-bond acceptors (Lipinski definition) is 11. The summed E-state index contributed by atoms with van der Waals surface area (Å²) in [5, 5.41) is 24.4. The number of aromatic nitrogens is 2. The molecule has 2 amide bonds. The number of aliphatic carboxylic acids is 2. The lowest BCUT2D eigenvalue weighted by Crippen LogP contribution is -2.75. The van der Waals surface area contributed by atoms with Crippen LogP contribution in [0.4, 0.5) is 5.13 Å². The van der Waals surface area contributed by atoms with Crippen LogP contribution in [0.3, 0.4) is 0 Å². The van der Waals surface area contributed by atoms with Crippen LogP contribution in [0.2, 0.25) is 0 Å². The molecule has 13 nitrogen and oxygen atoms in total. The Bertz CT molecular complexity index is 1030. The minimum atomic E-state index is -1.75. The molecular weight excluding hydrogens is 452 g/mol. The van der Waals surface area contributed by atoms with Crippen molar-refractivity contribution in [1.82, 2.24) is 19.6 Å². The van der Waals surface area contributed by atoms with Crippen LogP contribution in [-0.4, -0.2) is 82.2 Å². The van der Waals surface area contributed by atoms with Crippen LogP contribution in [0.1, 0.15) is 26.1 Å². The number of rotatable bonds is 7. The number of carboxylic acids is 2. The minimum Gasteiger partial charge on any atom is -0.479 e. The maximum atomic E-state index is 12.9. The Morgan fingerprint density at radius 1 is 1.39 bits per heavy atom. The van der Waals surface area contributed by atoms with Crippen molar-refractivity contribution in [3.63, 3.8) is 0 Å². The lowest BCUT2D eigenvalue weighted by Gasteiger charge is -2.52. The van der Waals surface area contributed by atoms with Crippen LogP contribution < -0.4 is 11.1 Å². The van der Waals surface area contributed by atoms with Gasteiger partial charge in [-0.05, 0) is 20.3 Å². The van der Waals surface area contributed by atoms with E-state index in [2.05, 4.69) is 19.8 Å². The first-order valence-electron chi connectivity index (χ1n) is 9.07. The highest BCUT2D eigenvalue weighted by atomic mass is 32.2. The Kier molecular flexibility index (Phi) is 4.84. The van der Waals surface area contributed by atoms with E-state index in [-0.39, 0.29) is 16.9 Å². The van der Waals surface area contributed by atoms with E-state index in [1.165, 1.54) is 30.5 Å². The molecule has 0 spiro atoms. The van der Waals surface area contributed by atoms with Gasteiger partial charge in [-0.25, -0.2) is 9.59 Å². The molecule has 31 heavy (non-hydrogen) atoms. The number of thioether (sulfide) groups is 1. The van der Waals surface area contributed by atoms with Crippen molar-refractivity contribution in [3.05, 3.63) is 5.82 Å². The van der Waals surface area contributed by atoms with Crippen molar-refractivity contribution in [2.75, 3.05) is 11.5 Å². The van der Waals surface area contributed by atoms with Crippen molar-refractivity contribution in [1.29, 1.82) is 0 Å². The summed E-state index contributed by atoms with van der Waals surface area (Å²) >= 11 is 2.19. The number of amides is 2. The van der Waals surface area contributed by atoms with Crippen molar-refractivity contribution in [3.8, 4) is 0 Å². The Hall–Kier alpha value is -2.94. The number of nitrogens with one attached hydrogen (secondary N) is 1. The summed E-state index contributed by atoms with van der Waals surface area (Å²) in [5.41, 5.74) is 2.17. The highest BCUT2D eigenvalue weighted by Gasteiger charge is 2.74. The fourth-order valence-electron chi connectivity index (χ4n) is 3.50. The predicted octanol–water partition coefficient (Wildman–Crippen LogP) is -1.05. The van der Waals surface area contributed by atoms with Crippen molar-refractivity contribution >= 4 is 57.9 Å². The number of fused-ring (bicyclic) bond motifs is 3. The third-order valence-corrected chi connectivity index (χ3v) is 7.38. The topological polar surface area (TPSA) is 197 Å². The molecule has 3 aliphatic rings. The van der Waals surface area contributed by atoms with Crippen molar-refractivity contribution in [2.45, 2.75) is 42.8 Å². The van der Waals surface area contributed by atoms with Gasteiger partial charge in [-0.3, -0.25) is 9.59 Å². The SMILES string of the molecule is CC(C)(O/N=C(\C(=O)N[C@@H]1C(=O)N2[C@@H]1SCC1CC12C(=O)O)c1nsc(N)n1)C(=O)O. The number of carbonyl (C=O) groups excluding carboxylic acids is 2. The van der Waals surface area contributed by atoms with E-state index in [1.54, 1.807) is 0 Å². The van der Waals surface area contributed by atoms with Crippen LogP contribution in [0.25, 0.3) is 0 Å². The zero-order valence-corrected chi connectivity index (χ0v) is 17.9. The van der Waals surface area contributed by atoms with Crippen LogP contribution in [0.15, 0.2) is 5.16 Å². The summed E-state index contributed by atoms with van der Waals surface area (Å²) in [4.78, 5) is 58.7. The normalized spacial score (nSPS) is 29.4. The molecule has 3 fully saturated rings. The third-order valence-electron chi connectivity index (χ3n) is 5.42. The summed E-state index contributed by atoms with van der Waals surface area (Å²) in [7, 11) is 0. The second-order valence-corrected chi connectivity index (χ2v) is 9.75. The fourth-order valence-corrected chi connectivity index (χ4v) is 5.58. The number of anilines is 1. The Morgan fingerprint density at radius 2 is 2.10 bits per heavy atom. The fraction of sp³-hybridized carbons (Fsp3) is 0.562. The average Bonchev–Trinajstić information content (AvgIpc) is 3.30. The van der Waals surface area contributed by atoms with Gasteiger partial charge in [0, 0.05) is 23.2 Å². The van der Waals surface area contributed by atoms with E-state index in [9.17, 15) is 29.4 Å². The van der Waals surface area contributed by atoms with Gasteiger partial charge in [-0.15, -0.1) is 11.8 Å². The Morgan fingerprint density at radius 3 is 2.68 bits per heavy atom.